The molecule has 94 valence electrons. The average molecular weight is 238 g/mol. The Kier molecular flexibility index (Phi) is 5.10. The first-order chi connectivity index (χ1) is 8.04. The molecule has 0 aliphatic rings. The Hall–Kier alpha value is -1.42. The van der Waals surface area contributed by atoms with Crippen LogP contribution in [0.3, 0.4) is 0 Å². The third kappa shape index (κ3) is 4.15. The number of halogens is 1. The molecule has 4 heteroatoms. The van der Waals surface area contributed by atoms with Gasteiger partial charge in [-0.25, -0.2) is 4.39 Å². The molecule has 0 saturated heterocycles. The van der Waals surface area contributed by atoms with Crippen LogP contribution in [-0.2, 0) is 11.3 Å². The third-order valence-electron chi connectivity index (χ3n) is 2.71. The molecular weight excluding hydrogens is 219 g/mol. The largest absolute Gasteiger partial charge is 0.341 e. The lowest BCUT2D eigenvalue weighted by Crippen LogP contribution is -2.32. The summed E-state index contributed by atoms with van der Waals surface area (Å²) in [5, 5.41) is 0. The molecule has 0 saturated carbocycles. The fraction of sp³-hybridized carbons (Fsp3) is 0.462. The van der Waals surface area contributed by atoms with Gasteiger partial charge in [0, 0.05) is 19.5 Å². The maximum Gasteiger partial charge on any atom is 0.225 e. The summed E-state index contributed by atoms with van der Waals surface area (Å²) in [4.78, 5) is 13.5. The van der Waals surface area contributed by atoms with Crippen LogP contribution in [0.25, 0.3) is 0 Å². The fourth-order valence-electron chi connectivity index (χ4n) is 1.74. The predicted molar refractivity (Wildman–Crippen MR) is 65.7 cm³/mol. The van der Waals surface area contributed by atoms with E-state index >= 15 is 0 Å². The van der Waals surface area contributed by atoms with Crippen molar-refractivity contribution in [1.82, 2.24) is 4.90 Å². The number of carbonyl (C=O) groups is 1. The van der Waals surface area contributed by atoms with Crippen LogP contribution >= 0.6 is 0 Å². The fourth-order valence-corrected chi connectivity index (χ4v) is 1.74. The summed E-state index contributed by atoms with van der Waals surface area (Å²) in [6.07, 6.45) is 0.673. The molecule has 0 fully saturated rings. The Morgan fingerprint density at radius 2 is 2.24 bits per heavy atom. The normalized spacial score (nSPS) is 12.2. The zero-order valence-electron chi connectivity index (χ0n) is 10.3. The Morgan fingerprint density at radius 1 is 1.53 bits per heavy atom. The number of hydrogen-bond acceptors (Lipinski definition) is 2. The van der Waals surface area contributed by atoms with Crippen molar-refractivity contribution in [3.8, 4) is 0 Å². The van der Waals surface area contributed by atoms with E-state index in [9.17, 15) is 9.18 Å². The lowest BCUT2D eigenvalue weighted by Gasteiger charge is -2.21. The molecule has 0 aliphatic heterocycles. The first-order valence-electron chi connectivity index (χ1n) is 5.74. The van der Waals surface area contributed by atoms with Crippen molar-refractivity contribution in [1.29, 1.82) is 0 Å². The molecular formula is C13H19FN2O. The van der Waals surface area contributed by atoms with Gasteiger partial charge in [-0.05, 0) is 30.7 Å². The Morgan fingerprint density at radius 3 is 2.82 bits per heavy atom. The summed E-state index contributed by atoms with van der Waals surface area (Å²) in [7, 11) is 1.72. The van der Waals surface area contributed by atoms with Crippen LogP contribution in [0, 0.1) is 11.7 Å². The van der Waals surface area contributed by atoms with Gasteiger partial charge in [0.25, 0.3) is 0 Å². The van der Waals surface area contributed by atoms with Gasteiger partial charge in [-0.3, -0.25) is 4.79 Å². The molecule has 2 N–H and O–H groups in total. The van der Waals surface area contributed by atoms with Gasteiger partial charge in [0.1, 0.15) is 5.82 Å². The molecule has 1 aromatic carbocycles. The van der Waals surface area contributed by atoms with Crippen LogP contribution in [-0.4, -0.2) is 24.4 Å². The second-order valence-corrected chi connectivity index (χ2v) is 4.30. The smallest absolute Gasteiger partial charge is 0.225 e. The average Bonchev–Trinajstić information content (AvgIpc) is 2.28. The maximum absolute atomic E-state index is 13.0. The van der Waals surface area contributed by atoms with Gasteiger partial charge in [0.15, 0.2) is 0 Å². The molecule has 1 atom stereocenters. The number of carbonyl (C=O) groups excluding carboxylic acids is 1. The van der Waals surface area contributed by atoms with Crippen molar-refractivity contribution < 1.29 is 9.18 Å². The molecule has 0 heterocycles. The van der Waals surface area contributed by atoms with Gasteiger partial charge in [-0.15, -0.1) is 0 Å². The van der Waals surface area contributed by atoms with E-state index in [0.717, 1.165) is 5.56 Å². The molecule has 3 nitrogen and oxygen atoms in total. The van der Waals surface area contributed by atoms with E-state index in [1.807, 2.05) is 6.92 Å². The van der Waals surface area contributed by atoms with Gasteiger partial charge in [-0.2, -0.15) is 0 Å². The van der Waals surface area contributed by atoms with Gasteiger partial charge in [0.2, 0.25) is 5.91 Å². The van der Waals surface area contributed by atoms with Crippen molar-refractivity contribution in [2.45, 2.75) is 19.9 Å². The van der Waals surface area contributed by atoms with E-state index in [0.29, 0.717) is 19.5 Å². The molecule has 1 aromatic rings. The highest BCUT2D eigenvalue weighted by Gasteiger charge is 2.16. The zero-order chi connectivity index (χ0) is 12.8. The molecule has 0 aliphatic carbocycles. The van der Waals surface area contributed by atoms with E-state index in [2.05, 4.69) is 0 Å². The molecule has 1 amide bonds. The highest BCUT2D eigenvalue weighted by Crippen LogP contribution is 2.10. The quantitative estimate of drug-likeness (QED) is 0.849. The third-order valence-corrected chi connectivity index (χ3v) is 2.71. The Bertz CT molecular complexity index is 381. The lowest BCUT2D eigenvalue weighted by atomic mass is 10.1. The molecule has 1 rings (SSSR count). The molecule has 0 spiro atoms. The number of nitrogens with two attached hydrogens (primary N) is 1. The van der Waals surface area contributed by atoms with Gasteiger partial charge >= 0.3 is 0 Å². The topological polar surface area (TPSA) is 46.3 Å². The standard InChI is InChI=1S/C13H19FN2O/c1-10(6-7-15)13(17)16(2)9-11-4-3-5-12(14)8-11/h3-5,8,10H,6-7,9,15H2,1-2H3. The zero-order valence-corrected chi connectivity index (χ0v) is 10.3. The number of hydrogen-bond donors (Lipinski definition) is 1. The summed E-state index contributed by atoms with van der Waals surface area (Å²) < 4.78 is 13.0. The van der Waals surface area contributed by atoms with Crippen LogP contribution in [0.4, 0.5) is 4.39 Å². The molecule has 1 unspecified atom stereocenters. The molecule has 0 bridgehead atoms. The predicted octanol–water partition coefficient (Wildman–Crippen LogP) is 1.77. The van der Waals surface area contributed by atoms with Crippen LogP contribution in [0.15, 0.2) is 24.3 Å². The summed E-state index contributed by atoms with van der Waals surface area (Å²) in [5.41, 5.74) is 6.21. The van der Waals surface area contributed by atoms with Crippen LogP contribution < -0.4 is 5.73 Å². The minimum atomic E-state index is -0.279. The van der Waals surface area contributed by atoms with Crippen molar-refractivity contribution >= 4 is 5.91 Å². The van der Waals surface area contributed by atoms with Crippen molar-refractivity contribution in [3.63, 3.8) is 0 Å². The van der Waals surface area contributed by atoms with Gasteiger partial charge in [-0.1, -0.05) is 19.1 Å². The molecule has 0 radical (unpaired) electrons. The number of amides is 1. The monoisotopic (exact) mass is 238 g/mol. The summed E-state index contributed by atoms with van der Waals surface area (Å²) in [6.45, 7) is 2.78. The number of nitrogens with zero attached hydrogens (tertiary/aromatic N) is 1. The number of rotatable bonds is 5. The van der Waals surface area contributed by atoms with Crippen LogP contribution in [0.5, 0.6) is 0 Å². The minimum Gasteiger partial charge on any atom is -0.341 e. The summed E-state index contributed by atoms with van der Waals surface area (Å²) in [6, 6.07) is 6.28. The SMILES string of the molecule is CC(CCN)C(=O)N(C)Cc1cccc(F)c1. The van der Waals surface area contributed by atoms with E-state index in [1.165, 1.54) is 12.1 Å². The summed E-state index contributed by atoms with van der Waals surface area (Å²) >= 11 is 0. The first-order valence-corrected chi connectivity index (χ1v) is 5.74. The van der Waals surface area contributed by atoms with Crippen molar-refractivity contribution in [3.05, 3.63) is 35.6 Å². The van der Waals surface area contributed by atoms with E-state index in [-0.39, 0.29) is 17.6 Å². The second kappa shape index (κ2) is 6.35. The number of benzene rings is 1. The van der Waals surface area contributed by atoms with Crippen molar-refractivity contribution in [2.24, 2.45) is 11.7 Å². The lowest BCUT2D eigenvalue weighted by molar-refractivity contribution is -0.134. The molecule has 0 aromatic heterocycles. The molecule has 17 heavy (non-hydrogen) atoms. The first kappa shape index (κ1) is 13.6. The van der Waals surface area contributed by atoms with E-state index in [1.54, 1.807) is 24.1 Å². The summed E-state index contributed by atoms with van der Waals surface area (Å²) in [5.74, 6) is -0.323. The van der Waals surface area contributed by atoms with Crippen LogP contribution in [0.2, 0.25) is 0 Å². The van der Waals surface area contributed by atoms with E-state index < -0.39 is 0 Å². The van der Waals surface area contributed by atoms with Crippen molar-refractivity contribution in [2.75, 3.05) is 13.6 Å². The second-order valence-electron chi connectivity index (χ2n) is 4.30. The Labute approximate surface area is 101 Å². The maximum atomic E-state index is 13.0. The van der Waals surface area contributed by atoms with E-state index in [4.69, 9.17) is 5.73 Å². The van der Waals surface area contributed by atoms with Gasteiger partial charge in [0.05, 0.1) is 0 Å². The van der Waals surface area contributed by atoms with Crippen LogP contribution in [0.1, 0.15) is 18.9 Å². The Balaban J connectivity index is 2.59. The van der Waals surface area contributed by atoms with Gasteiger partial charge < -0.3 is 10.6 Å². The minimum absolute atomic E-state index is 0.0414. The highest BCUT2D eigenvalue weighted by molar-refractivity contribution is 5.78. The highest BCUT2D eigenvalue weighted by atomic mass is 19.1.